The van der Waals surface area contributed by atoms with E-state index < -0.39 is 5.97 Å². The molecule has 0 saturated carbocycles. The molecule has 3 aromatic rings. The molecule has 28 heavy (non-hydrogen) atoms. The number of anilines is 3. The smallest absolute Gasteiger partial charge is 0.339 e. The molecule has 1 heterocycles. The number of amides is 1. The predicted molar refractivity (Wildman–Crippen MR) is 112 cm³/mol. The topological polar surface area (TPSA) is 93.2 Å². The molecular weight excluding hydrogens is 396 g/mol. The van der Waals surface area contributed by atoms with Gasteiger partial charge < -0.3 is 15.4 Å². The molecule has 0 unspecified atom stereocenters. The Bertz CT molecular complexity index is 973. The maximum Gasteiger partial charge on any atom is 0.339 e. The molecule has 0 atom stereocenters. The second kappa shape index (κ2) is 9.34. The van der Waals surface area contributed by atoms with Crippen molar-refractivity contribution in [3.8, 4) is 0 Å². The van der Waals surface area contributed by atoms with E-state index in [2.05, 4.69) is 20.8 Å². The summed E-state index contributed by atoms with van der Waals surface area (Å²) >= 11 is 2.65. The zero-order valence-electron chi connectivity index (χ0n) is 15.3. The van der Waals surface area contributed by atoms with Gasteiger partial charge in [0.05, 0.1) is 24.1 Å². The molecule has 0 spiro atoms. The van der Waals surface area contributed by atoms with E-state index in [1.165, 1.54) is 35.8 Å². The molecule has 0 aliphatic rings. The van der Waals surface area contributed by atoms with Gasteiger partial charge in [-0.2, -0.15) is 0 Å². The van der Waals surface area contributed by atoms with Crippen molar-refractivity contribution >= 4 is 51.5 Å². The summed E-state index contributed by atoms with van der Waals surface area (Å²) in [5, 5.41) is 14.7. The van der Waals surface area contributed by atoms with Crippen molar-refractivity contribution in [2.24, 2.45) is 0 Å². The van der Waals surface area contributed by atoms with Crippen molar-refractivity contribution < 1.29 is 14.3 Å². The number of thioether (sulfide) groups is 1. The van der Waals surface area contributed by atoms with Gasteiger partial charge in [-0.3, -0.25) is 4.79 Å². The Morgan fingerprint density at radius 1 is 1.11 bits per heavy atom. The number of esters is 1. The number of aromatic nitrogens is 2. The maximum atomic E-state index is 12.2. The van der Waals surface area contributed by atoms with Crippen molar-refractivity contribution in [1.82, 2.24) is 10.2 Å². The highest BCUT2D eigenvalue weighted by Gasteiger charge is 2.14. The zero-order valence-corrected chi connectivity index (χ0v) is 16.9. The summed E-state index contributed by atoms with van der Waals surface area (Å²) in [6, 6.07) is 14.7. The lowest BCUT2D eigenvalue weighted by Crippen LogP contribution is -2.17. The number of aryl methyl sites for hydroxylation is 1. The number of para-hydroxylation sites is 1. The van der Waals surface area contributed by atoms with Crippen molar-refractivity contribution in [2.45, 2.75) is 11.3 Å². The third kappa shape index (κ3) is 5.30. The number of benzene rings is 2. The first-order valence-electron chi connectivity index (χ1n) is 8.32. The fourth-order valence-electron chi connectivity index (χ4n) is 2.27. The standard InChI is InChI=1S/C19H18N4O3S2/c1-12-7-9-13(10-8-12)20-18-22-23-19(28-18)27-11-16(24)21-15-6-4-3-5-14(15)17(25)26-2/h3-10H,11H2,1-2H3,(H,20,22)(H,21,24). The van der Waals surface area contributed by atoms with Gasteiger partial charge in [0.2, 0.25) is 11.0 Å². The van der Waals surface area contributed by atoms with Gasteiger partial charge in [-0.15, -0.1) is 10.2 Å². The minimum Gasteiger partial charge on any atom is -0.465 e. The number of methoxy groups -OCH3 is 1. The normalized spacial score (nSPS) is 10.4. The predicted octanol–water partition coefficient (Wildman–Crippen LogP) is 4.11. The molecule has 3 rings (SSSR count). The summed E-state index contributed by atoms with van der Waals surface area (Å²) in [4.78, 5) is 24.0. The van der Waals surface area contributed by atoms with Crippen LogP contribution in [-0.4, -0.2) is 34.9 Å². The molecule has 2 aromatic carbocycles. The number of rotatable bonds is 7. The Kier molecular flexibility index (Phi) is 6.62. The molecule has 1 aromatic heterocycles. The maximum absolute atomic E-state index is 12.2. The fraction of sp³-hybridized carbons (Fsp3) is 0.158. The van der Waals surface area contributed by atoms with Crippen molar-refractivity contribution in [2.75, 3.05) is 23.5 Å². The van der Waals surface area contributed by atoms with Gasteiger partial charge in [-0.25, -0.2) is 4.79 Å². The Morgan fingerprint density at radius 3 is 2.61 bits per heavy atom. The Morgan fingerprint density at radius 2 is 1.86 bits per heavy atom. The summed E-state index contributed by atoms with van der Waals surface area (Å²) in [7, 11) is 1.30. The molecule has 0 aliphatic heterocycles. The van der Waals surface area contributed by atoms with E-state index in [-0.39, 0.29) is 11.7 Å². The van der Waals surface area contributed by atoms with E-state index in [1.54, 1.807) is 24.3 Å². The first kappa shape index (κ1) is 19.8. The number of nitrogens with one attached hydrogen (secondary N) is 2. The van der Waals surface area contributed by atoms with Crippen LogP contribution in [-0.2, 0) is 9.53 Å². The molecule has 2 N–H and O–H groups in total. The number of hydrogen-bond donors (Lipinski definition) is 2. The van der Waals surface area contributed by atoms with E-state index >= 15 is 0 Å². The minimum atomic E-state index is -0.500. The molecule has 1 amide bonds. The fourth-order valence-corrected chi connectivity index (χ4v) is 3.84. The number of nitrogens with zero attached hydrogens (tertiary/aromatic N) is 2. The average molecular weight is 415 g/mol. The third-order valence-corrected chi connectivity index (χ3v) is 5.61. The van der Waals surface area contributed by atoms with Gasteiger partial charge in [0.1, 0.15) is 0 Å². The first-order chi connectivity index (χ1) is 13.5. The Labute approximate surface area is 170 Å². The third-order valence-electron chi connectivity index (χ3n) is 3.64. The zero-order chi connectivity index (χ0) is 19.9. The molecular formula is C19H18N4O3S2. The van der Waals surface area contributed by atoms with Gasteiger partial charge in [0.25, 0.3) is 0 Å². The van der Waals surface area contributed by atoms with Crippen LogP contribution < -0.4 is 10.6 Å². The Balaban J connectivity index is 1.55. The van der Waals surface area contributed by atoms with Gasteiger partial charge in [0.15, 0.2) is 4.34 Å². The van der Waals surface area contributed by atoms with Crippen LogP contribution in [0.25, 0.3) is 0 Å². The minimum absolute atomic E-state index is 0.147. The van der Waals surface area contributed by atoms with Crippen LogP contribution in [0.3, 0.4) is 0 Å². The van der Waals surface area contributed by atoms with E-state index in [0.29, 0.717) is 20.7 Å². The van der Waals surface area contributed by atoms with Crippen molar-refractivity contribution in [3.05, 3.63) is 59.7 Å². The molecule has 0 bridgehead atoms. The monoisotopic (exact) mass is 414 g/mol. The van der Waals surface area contributed by atoms with Gasteiger partial charge in [-0.05, 0) is 31.2 Å². The summed E-state index contributed by atoms with van der Waals surface area (Å²) in [5.41, 5.74) is 2.83. The van der Waals surface area contributed by atoms with Gasteiger partial charge in [-0.1, -0.05) is 52.9 Å². The Hall–Kier alpha value is -2.91. The van der Waals surface area contributed by atoms with Crippen LogP contribution in [0, 0.1) is 6.92 Å². The SMILES string of the molecule is COC(=O)c1ccccc1NC(=O)CSc1nnc(Nc2ccc(C)cc2)s1. The summed E-state index contributed by atoms with van der Waals surface area (Å²) in [6.45, 7) is 2.03. The van der Waals surface area contributed by atoms with Crippen molar-refractivity contribution in [3.63, 3.8) is 0 Å². The van der Waals surface area contributed by atoms with Crippen LogP contribution in [0.2, 0.25) is 0 Å². The lowest BCUT2D eigenvalue weighted by atomic mass is 10.2. The highest BCUT2D eigenvalue weighted by Crippen LogP contribution is 2.28. The van der Waals surface area contributed by atoms with Crippen LogP contribution in [0.15, 0.2) is 52.9 Å². The largest absolute Gasteiger partial charge is 0.465 e. The van der Waals surface area contributed by atoms with Crippen LogP contribution >= 0.6 is 23.1 Å². The van der Waals surface area contributed by atoms with E-state index in [4.69, 9.17) is 4.74 Å². The molecule has 0 radical (unpaired) electrons. The van der Waals surface area contributed by atoms with Crippen molar-refractivity contribution in [1.29, 1.82) is 0 Å². The van der Waals surface area contributed by atoms with E-state index in [1.807, 2.05) is 31.2 Å². The second-order valence-electron chi connectivity index (χ2n) is 5.74. The van der Waals surface area contributed by atoms with Crippen LogP contribution in [0.5, 0.6) is 0 Å². The van der Waals surface area contributed by atoms with Gasteiger partial charge in [0, 0.05) is 5.69 Å². The van der Waals surface area contributed by atoms with E-state index in [9.17, 15) is 9.59 Å². The molecule has 7 nitrogen and oxygen atoms in total. The van der Waals surface area contributed by atoms with Gasteiger partial charge >= 0.3 is 5.97 Å². The lowest BCUT2D eigenvalue weighted by Gasteiger charge is -2.08. The highest BCUT2D eigenvalue weighted by molar-refractivity contribution is 8.01. The molecule has 0 fully saturated rings. The molecule has 144 valence electrons. The average Bonchev–Trinajstić information content (AvgIpc) is 3.15. The van der Waals surface area contributed by atoms with Crippen LogP contribution in [0.1, 0.15) is 15.9 Å². The van der Waals surface area contributed by atoms with Crippen LogP contribution in [0.4, 0.5) is 16.5 Å². The van der Waals surface area contributed by atoms with E-state index in [0.717, 1.165) is 5.69 Å². The lowest BCUT2D eigenvalue weighted by molar-refractivity contribution is -0.113. The molecule has 0 saturated heterocycles. The number of carbonyl (C=O) groups excluding carboxylic acids is 2. The molecule has 9 heteroatoms. The summed E-state index contributed by atoms with van der Waals surface area (Å²) < 4.78 is 5.40. The number of carbonyl (C=O) groups is 2. The summed E-state index contributed by atoms with van der Waals surface area (Å²) in [6.07, 6.45) is 0. The quantitative estimate of drug-likeness (QED) is 0.444. The molecule has 0 aliphatic carbocycles. The first-order valence-corrected chi connectivity index (χ1v) is 10.1. The number of hydrogen-bond acceptors (Lipinski definition) is 8. The highest BCUT2D eigenvalue weighted by atomic mass is 32.2. The second-order valence-corrected chi connectivity index (χ2v) is 7.94. The summed E-state index contributed by atoms with van der Waals surface area (Å²) in [5.74, 6) is -0.599. The number of ether oxygens (including phenoxy) is 1.